The monoisotopic (exact) mass is 283 g/mol. The first kappa shape index (κ1) is 13.0. The van der Waals surface area contributed by atoms with E-state index in [-0.39, 0.29) is 22.8 Å². The van der Waals surface area contributed by atoms with Gasteiger partial charge >= 0.3 is 0 Å². The van der Waals surface area contributed by atoms with E-state index in [1.54, 1.807) is 26.0 Å². The second-order valence-electron chi connectivity index (χ2n) is 4.68. The molecule has 7 heteroatoms. The van der Waals surface area contributed by atoms with E-state index in [1.165, 1.54) is 4.52 Å². The highest BCUT2D eigenvalue weighted by molar-refractivity contribution is 6.09. The Morgan fingerprint density at radius 3 is 2.62 bits per heavy atom. The Morgan fingerprint density at radius 1 is 1.19 bits per heavy atom. The maximum Gasteiger partial charge on any atom is 0.294 e. The minimum absolute atomic E-state index is 0.219. The van der Waals surface area contributed by atoms with Gasteiger partial charge in [0.05, 0.1) is 0 Å². The van der Waals surface area contributed by atoms with Gasteiger partial charge < -0.3 is 5.32 Å². The Labute approximate surface area is 119 Å². The number of hydrogen-bond donors (Lipinski definition) is 2. The van der Waals surface area contributed by atoms with Crippen molar-refractivity contribution in [3.05, 3.63) is 57.6 Å². The number of anilines is 1. The fourth-order valence-corrected chi connectivity index (χ4v) is 2.11. The number of carbonyl (C=O) groups is 1. The van der Waals surface area contributed by atoms with Gasteiger partial charge in [0.25, 0.3) is 11.5 Å². The molecule has 0 fully saturated rings. The summed E-state index contributed by atoms with van der Waals surface area (Å²) in [5, 5.41) is 13.3. The molecule has 0 atom stereocenters. The molecule has 0 unspecified atom stereocenters. The number of para-hydroxylation sites is 1. The third kappa shape index (κ3) is 2.18. The molecule has 2 aromatic heterocycles. The molecule has 3 rings (SSSR count). The van der Waals surface area contributed by atoms with Gasteiger partial charge in [0.15, 0.2) is 5.65 Å². The second kappa shape index (κ2) is 4.86. The van der Waals surface area contributed by atoms with Crippen LogP contribution in [0.5, 0.6) is 0 Å². The van der Waals surface area contributed by atoms with E-state index in [9.17, 15) is 9.59 Å². The van der Waals surface area contributed by atoms with Crippen molar-refractivity contribution in [1.29, 1.82) is 0 Å². The van der Waals surface area contributed by atoms with Crippen molar-refractivity contribution >= 4 is 17.2 Å². The van der Waals surface area contributed by atoms with Crippen LogP contribution in [-0.4, -0.2) is 25.7 Å². The molecule has 0 radical (unpaired) electrons. The summed E-state index contributed by atoms with van der Waals surface area (Å²) in [6.07, 6.45) is 0. The van der Waals surface area contributed by atoms with Crippen LogP contribution in [0, 0.1) is 13.8 Å². The molecule has 1 amide bonds. The number of aromatic nitrogens is 4. The average molecular weight is 283 g/mol. The van der Waals surface area contributed by atoms with Crippen LogP contribution in [0.4, 0.5) is 5.69 Å². The average Bonchev–Trinajstić information content (AvgIpc) is 2.81. The highest BCUT2D eigenvalue weighted by atomic mass is 16.2. The third-order valence-corrected chi connectivity index (χ3v) is 3.16. The van der Waals surface area contributed by atoms with E-state index >= 15 is 0 Å². The number of benzene rings is 1. The molecule has 1 aromatic carbocycles. The van der Waals surface area contributed by atoms with Crippen molar-refractivity contribution in [2.24, 2.45) is 0 Å². The zero-order valence-electron chi connectivity index (χ0n) is 11.5. The van der Waals surface area contributed by atoms with Crippen LogP contribution < -0.4 is 10.9 Å². The zero-order chi connectivity index (χ0) is 15.0. The van der Waals surface area contributed by atoms with Crippen LogP contribution >= 0.6 is 0 Å². The second-order valence-corrected chi connectivity index (χ2v) is 4.68. The van der Waals surface area contributed by atoms with Crippen molar-refractivity contribution in [2.75, 3.05) is 5.32 Å². The topological polar surface area (TPSA) is 92.2 Å². The van der Waals surface area contributed by atoms with Gasteiger partial charge in [-0.1, -0.05) is 18.2 Å². The Hall–Kier alpha value is -2.96. The summed E-state index contributed by atoms with van der Waals surface area (Å²) in [5.74, 6) is -0.338. The minimum Gasteiger partial charge on any atom is -0.322 e. The smallest absolute Gasteiger partial charge is 0.294 e. The van der Waals surface area contributed by atoms with E-state index in [2.05, 4.69) is 20.6 Å². The zero-order valence-corrected chi connectivity index (χ0v) is 11.5. The van der Waals surface area contributed by atoms with Crippen molar-refractivity contribution in [1.82, 2.24) is 19.8 Å². The Bertz CT molecular complexity index is 880. The number of rotatable bonds is 2. The lowest BCUT2D eigenvalue weighted by Gasteiger charge is -2.04. The van der Waals surface area contributed by atoms with Gasteiger partial charge in [-0.3, -0.25) is 14.7 Å². The number of carbonyl (C=O) groups excluding carboxylic acids is 1. The number of aromatic amines is 1. The standard InChI is InChI=1S/C14H13N5O2/c1-8-11(13(20)15-10-6-4-3-5-7-10)12-17-16-9(2)14(21)19(12)18-8/h3-7,18H,1-2H3,(H,15,20). The van der Waals surface area contributed by atoms with Crippen molar-refractivity contribution in [2.45, 2.75) is 13.8 Å². The maximum atomic E-state index is 12.4. The summed E-state index contributed by atoms with van der Waals surface area (Å²) in [5.41, 5.74) is 1.70. The normalized spacial score (nSPS) is 10.8. The van der Waals surface area contributed by atoms with Gasteiger partial charge in [-0.25, -0.2) is 0 Å². The lowest BCUT2D eigenvalue weighted by atomic mass is 10.2. The molecule has 7 nitrogen and oxygen atoms in total. The van der Waals surface area contributed by atoms with Gasteiger partial charge in [-0.05, 0) is 26.0 Å². The molecule has 0 aliphatic rings. The summed E-state index contributed by atoms with van der Waals surface area (Å²) in [7, 11) is 0. The summed E-state index contributed by atoms with van der Waals surface area (Å²) in [4.78, 5) is 24.4. The molecule has 2 N–H and O–H groups in total. The SMILES string of the molecule is Cc1[nH]n2c(=O)c(C)nnc2c1C(=O)Nc1ccccc1. The predicted octanol–water partition coefficient (Wildman–Crippen LogP) is 1.29. The van der Waals surface area contributed by atoms with Gasteiger partial charge in [0.2, 0.25) is 0 Å². The van der Waals surface area contributed by atoms with Crippen LogP contribution in [0.15, 0.2) is 35.1 Å². The number of amides is 1. The largest absolute Gasteiger partial charge is 0.322 e. The number of aryl methyl sites for hydroxylation is 2. The van der Waals surface area contributed by atoms with E-state index < -0.39 is 0 Å². The fraction of sp³-hybridized carbons (Fsp3) is 0.143. The molecule has 106 valence electrons. The fourth-order valence-electron chi connectivity index (χ4n) is 2.11. The molecule has 3 aromatic rings. The summed E-state index contributed by atoms with van der Waals surface area (Å²) < 4.78 is 1.23. The Kier molecular flexibility index (Phi) is 3.02. The molecule has 21 heavy (non-hydrogen) atoms. The molecule has 0 bridgehead atoms. The molecule has 0 aliphatic heterocycles. The molecule has 0 spiro atoms. The molecule has 2 heterocycles. The van der Waals surface area contributed by atoms with Gasteiger partial charge in [0, 0.05) is 11.4 Å². The van der Waals surface area contributed by atoms with Gasteiger partial charge in [0.1, 0.15) is 11.3 Å². The number of H-pyrrole nitrogens is 1. The first-order valence-electron chi connectivity index (χ1n) is 6.39. The molecular weight excluding hydrogens is 270 g/mol. The third-order valence-electron chi connectivity index (χ3n) is 3.16. The molecular formula is C14H13N5O2. The molecule has 0 aliphatic carbocycles. The van der Waals surface area contributed by atoms with E-state index in [0.29, 0.717) is 16.9 Å². The Balaban J connectivity index is 2.08. The van der Waals surface area contributed by atoms with Crippen LogP contribution in [0.25, 0.3) is 5.65 Å². The number of nitrogens with one attached hydrogen (secondary N) is 2. The van der Waals surface area contributed by atoms with Crippen LogP contribution in [0.3, 0.4) is 0 Å². The molecule has 0 saturated heterocycles. The Morgan fingerprint density at radius 2 is 1.90 bits per heavy atom. The minimum atomic E-state index is -0.338. The van der Waals surface area contributed by atoms with Crippen molar-refractivity contribution in [3.8, 4) is 0 Å². The van der Waals surface area contributed by atoms with Crippen LogP contribution in [0.2, 0.25) is 0 Å². The van der Waals surface area contributed by atoms with Gasteiger partial charge in [-0.2, -0.15) is 4.52 Å². The van der Waals surface area contributed by atoms with E-state index in [1.807, 2.05) is 18.2 Å². The predicted molar refractivity (Wildman–Crippen MR) is 77.5 cm³/mol. The summed E-state index contributed by atoms with van der Waals surface area (Å²) >= 11 is 0. The van der Waals surface area contributed by atoms with Gasteiger partial charge in [-0.15, -0.1) is 10.2 Å². The van der Waals surface area contributed by atoms with Crippen molar-refractivity contribution in [3.63, 3.8) is 0 Å². The lowest BCUT2D eigenvalue weighted by Crippen LogP contribution is -2.20. The van der Waals surface area contributed by atoms with E-state index in [4.69, 9.17) is 0 Å². The quantitative estimate of drug-likeness (QED) is 0.741. The first-order chi connectivity index (χ1) is 10.1. The number of nitrogens with zero attached hydrogens (tertiary/aromatic N) is 3. The summed E-state index contributed by atoms with van der Waals surface area (Å²) in [6, 6.07) is 9.07. The number of hydrogen-bond acceptors (Lipinski definition) is 4. The molecule has 0 saturated carbocycles. The van der Waals surface area contributed by atoms with Crippen molar-refractivity contribution < 1.29 is 4.79 Å². The first-order valence-corrected chi connectivity index (χ1v) is 6.39. The summed E-state index contributed by atoms with van der Waals surface area (Å²) in [6.45, 7) is 3.28. The number of fused-ring (bicyclic) bond motifs is 1. The highest BCUT2D eigenvalue weighted by Gasteiger charge is 2.19. The maximum absolute atomic E-state index is 12.4. The lowest BCUT2D eigenvalue weighted by molar-refractivity contribution is 0.102. The van der Waals surface area contributed by atoms with E-state index in [0.717, 1.165) is 0 Å². The van der Waals surface area contributed by atoms with Crippen LogP contribution in [0.1, 0.15) is 21.7 Å². The highest BCUT2D eigenvalue weighted by Crippen LogP contribution is 2.14. The van der Waals surface area contributed by atoms with Crippen LogP contribution in [-0.2, 0) is 0 Å².